The number of hydrogen-bond donors (Lipinski definition) is 2. The molecule has 0 spiro atoms. The fourth-order valence-electron chi connectivity index (χ4n) is 1.82. The van der Waals surface area contributed by atoms with E-state index >= 15 is 0 Å². The first-order valence-electron chi connectivity index (χ1n) is 5.73. The van der Waals surface area contributed by atoms with Gasteiger partial charge in [0.25, 0.3) is 12.2 Å². The number of aromatic nitrogens is 2. The molecule has 1 aromatic carbocycles. The van der Waals surface area contributed by atoms with Gasteiger partial charge in [-0.15, -0.1) is 0 Å². The maximum Gasteiger partial charge on any atom is 0.293 e. The number of rotatable bonds is 6. The van der Waals surface area contributed by atoms with Crippen LogP contribution in [0.1, 0.15) is 17.4 Å². The van der Waals surface area contributed by atoms with Crippen molar-refractivity contribution < 1.29 is 14.5 Å². The summed E-state index contributed by atoms with van der Waals surface area (Å²) in [6, 6.07) is 5.90. The van der Waals surface area contributed by atoms with Crippen molar-refractivity contribution in [2.75, 3.05) is 5.73 Å². The number of nitrogens with two attached hydrogens (primary N) is 1. The lowest BCUT2D eigenvalue weighted by molar-refractivity contribution is -0.385. The van der Waals surface area contributed by atoms with Gasteiger partial charge in [-0.05, 0) is 5.56 Å². The zero-order valence-corrected chi connectivity index (χ0v) is 10.4. The summed E-state index contributed by atoms with van der Waals surface area (Å²) in [7, 11) is 0. The molecule has 3 N–H and O–H groups in total. The molecule has 104 valence electrons. The number of carbonyl (C=O) groups is 1. The zero-order chi connectivity index (χ0) is 14.5. The minimum atomic E-state index is -0.682. The molecule has 2 aromatic rings. The first-order valence-corrected chi connectivity index (χ1v) is 5.73. The molecule has 0 aliphatic rings. The Morgan fingerprint density at radius 1 is 1.55 bits per heavy atom. The molecule has 8 nitrogen and oxygen atoms in total. The Bertz CT molecular complexity index is 625. The van der Waals surface area contributed by atoms with Gasteiger partial charge in [-0.1, -0.05) is 12.1 Å². The van der Waals surface area contributed by atoms with E-state index in [1.54, 1.807) is 6.07 Å². The second-order valence-corrected chi connectivity index (χ2v) is 4.04. The number of aromatic amines is 1. The number of non-ortho nitro benzene ring substituents is 1. The highest BCUT2D eigenvalue weighted by Crippen LogP contribution is 2.25. The summed E-state index contributed by atoms with van der Waals surface area (Å²) in [5.74, 6) is 0.370. The topological polar surface area (TPSA) is 124 Å². The lowest BCUT2D eigenvalue weighted by Gasteiger charge is -2.14. The number of nitrogens with one attached hydrogen (secondary N) is 1. The highest BCUT2D eigenvalue weighted by atomic mass is 16.6. The molecule has 0 saturated heterocycles. The molecule has 0 radical (unpaired) electrons. The van der Waals surface area contributed by atoms with E-state index in [0.717, 1.165) is 0 Å². The molecule has 1 heterocycles. The van der Waals surface area contributed by atoms with Gasteiger partial charge >= 0.3 is 0 Å². The summed E-state index contributed by atoms with van der Waals surface area (Å²) >= 11 is 0. The van der Waals surface area contributed by atoms with E-state index in [1.165, 1.54) is 24.5 Å². The Morgan fingerprint density at radius 2 is 2.35 bits per heavy atom. The first kappa shape index (κ1) is 13.5. The van der Waals surface area contributed by atoms with Crippen LogP contribution < -0.4 is 5.73 Å². The van der Waals surface area contributed by atoms with E-state index in [2.05, 4.69) is 9.97 Å². The maximum atomic E-state index is 10.8. The summed E-state index contributed by atoms with van der Waals surface area (Å²) in [6.07, 6.45) is 0.976. The number of nitro groups is 1. The van der Waals surface area contributed by atoms with Crippen molar-refractivity contribution in [2.45, 2.75) is 12.5 Å². The number of imidazole rings is 1. The molecular formula is C12H12N4O4. The van der Waals surface area contributed by atoms with E-state index in [0.29, 0.717) is 23.5 Å². The number of ether oxygens (including phenoxy) is 1. The van der Waals surface area contributed by atoms with Crippen LogP contribution in [0, 0.1) is 10.1 Å². The molecule has 1 atom stereocenters. The quantitative estimate of drug-likeness (QED) is 0.466. The van der Waals surface area contributed by atoms with Crippen molar-refractivity contribution in [3.8, 4) is 0 Å². The summed E-state index contributed by atoms with van der Waals surface area (Å²) in [5.41, 5.74) is 6.64. The molecular weight excluding hydrogens is 264 g/mol. The number of benzene rings is 1. The van der Waals surface area contributed by atoms with E-state index in [9.17, 15) is 14.9 Å². The number of carbonyl (C=O) groups excluding carboxylic acids is 1. The zero-order valence-electron chi connectivity index (χ0n) is 10.4. The number of anilines is 1. The Kier molecular flexibility index (Phi) is 3.94. The summed E-state index contributed by atoms with van der Waals surface area (Å²) in [5, 5.41) is 10.8. The number of nitrogens with zero attached hydrogens (tertiary/aromatic N) is 2. The Morgan fingerprint density at radius 3 is 2.95 bits per heavy atom. The molecule has 8 heteroatoms. The molecule has 0 aliphatic carbocycles. The van der Waals surface area contributed by atoms with Gasteiger partial charge in [0.1, 0.15) is 11.9 Å². The molecule has 0 fully saturated rings. The fraction of sp³-hybridized carbons (Fsp3) is 0.167. The Balaban J connectivity index is 2.28. The van der Waals surface area contributed by atoms with Gasteiger partial charge in [0.05, 0.1) is 16.9 Å². The summed E-state index contributed by atoms with van der Waals surface area (Å²) in [4.78, 5) is 27.6. The second-order valence-electron chi connectivity index (χ2n) is 4.04. The molecule has 0 amide bonds. The van der Waals surface area contributed by atoms with Crippen LogP contribution in [-0.2, 0) is 16.0 Å². The smallest absolute Gasteiger partial charge is 0.293 e. The SMILES string of the molecule is Nc1[nH]cnc1CC(OC=O)c1cccc([N+](=O)[O-])c1. The van der Waals surface area contributed by atoms with Crippen molar-refractivity contribution in [1.29, 1.82) is 0 Å². The van der Waals surface area contributed by atoms with E-state index < -0.39 is 11.0 Å². The molecule has 20 heavy (non-hydrogen) atoms. The predicted molar refractivity (Wildman–Crippen MR) is 69.7 cm³/mol. The van der Waals surface area contributed by atoms with Crippen molar-refractivity contribution in [3.63, 3.8) is 0 Å². The van der Waals surface area contributed by atoms with Gasteiger partial charge in [-0.2, -0.15) is 0 Å². The number of hydrogen-bond acceptors (Lipinski definition) is 6. The average molecular weight is 276 g/mol. The van der Waals surface area contributed by atoms with Crippen LogP contribution in [0.25, 0.3) is 0 Å². The third-order valence-corrected chi connectivity index (χ3v) is 2.80. The van der Waals surface area contributed by atoms with E-state index in [-0.39, 0.29) is 12.1 Å². The highest BCUT2D eigenvalue weighted by molar-refractivity contribution is 5.42. The van der Waals surface area contributed by atoms with Gasteiger partial charge in [-0.3, -0.25) is 14.9 Å². The van der Waals surface area contributed by atoms with Crippen LogP contribution in [0.15, 0.2) is 30.6 Å². The fourth-order valence-corrected chi connectivity index (χ4v) is 1.82. The minimum Gasteiger partial charge on any atom is -0.459 e. The molecule has 0 bridgehead atoms. The maximum absolute atomic E-state index is 10.8. The van der Waals surface area contributed by atoms with Crippen molar-refractivity contribution in [1.82, 2.24) is 9.97 Å². The standard InChI is InChI=1S/C12H12N4O4/c13-12-10(14-6-15-12)5-11(20-7-17)8-2-1-3-9(4-8)16(18)19/h1-4,6-7,11H,5,13H2,(H,14,15). The van der Waals surface area contributed by atoms with Crippen LogP contribution in [0.2, 0.25) is 0 Å². The summed E-state index contributed by atoms with van der Waals surface area (Å²) < 4.78 is 4.98. The Hall–Kier alpha value is -2.90. The Labute approximate surface area is 113 Å². The highest BCUT2D eigenvalue weighted by Gasteiger charge is 2.19. The van der Waals surface area contributed by atoms with E-state index in [4.69, 9.17) is 10.5 Å². The molecule has 1 aromatic heterocycles. The van der Waals surface area contributed by atoms with Crippen molar-refractivity contribution >= 4 is 18.0 Å². The number of H-pyrrole nitrogens is 1. The third-order valence-electron chi connectivity index (χ3n) is 2.80. The first-order chi connectivity index (χ1) is 9.61. The predicted octanol–water partition coefficient (Wildman–Crippen LogP) is 1.36. The third kappa shape index (κ3) is 2.91. The number of nitrogen functional groups attached to an aromatic ring is 1. The average Bonchev–Trinajstić information content (AvgIpc) is 2.84. The second kappa shape index (κ2) is 5.83. The van der Waals surface area contributed by atoms with Crippen LogP contribution in [0.4, 0.5) is 11.5 Å². The largest absolute Gasteiger partial charge is 0.459 e. The van der Waals surface area contributed by atoms with Crippen molar-refractivity contribution in [2.24, 2.45) is 0 Å². The van der Waals surface area contributed by atoms with Crippen LogP contribution in [-0.4, -0.2) is 21.4 Å². The van der Waals surface area contributed by atoms with Crippen molar-refractivity contribution in [3.05, 3.63) is 52.0 Å². The molecule has 0 aliphatic heterocycles. The van der Waals surface area contributed by atoms with E-state index in [1.807, 2.05) is 0 Å². The minimum absolute atomic E-state index is 0.0722. The van der Waals surface area contributed by atoms with Gasteiger partial charge in [0, 0.05) is 18.6 Å². The number of nitro benzene ring substituents is 1. The molecule has 0 saturated carbocycles. The van der Waals surface area contributed by atoms with Gasteiger partial charge in [0.15, 0.2) is 0 Å². The normalized spacial score (nSPS) is 11.8. The summed E-state index contributed by atoms with van der Waals surface area (Å²) in [6.45, 7) is 0.298. The van der Waals surface area contributed by atoms with Crippen LogP contribution in [0.5, 0.6) is 0 Å². The van der Waals surface area contributed by atoms with Gasteiger partial charge in [-0.25, -0.2) is 4.98 Å². The monoisotopic (exact) mass is 276 g/mol. The molecule has 2 rings (SSSR count). The van der Waals surface area contributed by atoms with Crippen LogP contribution >= 0.6 is 0 Å². The lowest BCUT2D eigenvalue weighted by Crippen LogP contribution is -2.09. The van der Waals surface area contributed by atoms with Gasteiger partial charge < -0.3 is 15.5 Å². The van der Waals surface area contributed by atoms with Crippen LogP contribution in [0.3, 0.4) is 0 Å². The lowest BCUT2D eigenvalue weighted by atomic mass is 10.0. The molecule has 1 unspecified atom stereocenters. The van der Waals surface area contributed by atoms with Gasteiger partial charge in [0.2, 0.25) is 0 Å².